The number of hydrogen-bond acceptors (Lipinski definition) is 3. The highest BCUT2D eigenvalue weighted by atomic mass is 16.5. The van der Waals surface area contributed by atoms with Gasteiger partial charge in [0.2, 0.25) is 5.91 Å². The van der Waals surface area contributed by atoms with E-state index < -0.39 is 0 Å². The highest BCUT2D eigenvalue weighted by molar-refractivity contribution is 5.78. The van der Waals surface area contributed by atoms with Crippen LogP contribution in [0.5, 0.6) is 0 Å². The third-order valence-corrected chi connectivity index (χ3v) is 3.06. The van der Waals surface area contributed by atoms with Gasteiger partial charge in [-0.05, 0) is 13.3 Å². The van der Waals surface area contributed by atoms with Crippen LogP contribution in [0.1, 0.15) is 33.1 Å². The molecule has 1 fully saturated rings. The average Bonchev–Trinajstić information content (AvgIpc) is 2.14. The summed E-state index contributed by atoms with van der Waals surface area (Å²) in [6, 6.07) is 0. The van der Waals surface area contributed by atoms with E-state index in [2.05, 4.69) is 6.92 Å². The van der Waals surface area contributed by atoms with E-state index >= 15 is 0 Å². The molecule has 1 saturated heterocycles. The molecule has 1 aliphatic rings. The molecule has 0 radical (unpaired) electrons. The Labute approximate surface area is 97.6 Å². The van der Waals surface area contributed by atoms with E-state index in [0.717, 1.165) is 12.8 Å². The second-order valence-corrected chi connectivity index (χ2v) is 4.56. The van der Waals surface area contributed by atoms with Crippen LogP contribution in [0, 0.1) is 5.92 Å². The number of nitrogens with zero attached hydrogens (tertiary/aromatic N) is 1. The number of unbranched alkanes of at least 4 members (excludes halogenated alkanes) is 2. The molecule has 4 nitrogen and oxygen atoms in total. The van der Waals surface area contributed by atoms with Gasteiger partial charge >= 0.3 is 0 Å². The van der Waals surface area contributed by atoms with Crippen molar-refractivity contribution < 1.29 is 14.6 Å². The van der Waals surface area contributed by atoms with Crippen LogP contribution in [0.4, 0.5) is 0 Å². The molecule has 94 valence electrons. The van der Waals surface area contributed by atoms with Gasteiger partial charge in [-0.1, -0.05) is 19.8 Å². The molecule has 1 N–H and O–H groups in total. The molecule has 4 heteroatoms. The number of carbonyl (C=O) groups is 1. The minimum atomic E-state index is -0.311. The number of likely N-dealkylation sites (tertiary alicyclic amines) is 1. The van der Waals surface area contributed by atoms with Crippen molar-refractivity contribution in [1.29, 1.82) is 0 Å². The van der Waals surface area contributed by atoms with Crippen LogP contribution in [0.2, 0.25) is 0 Å². The number of hydrogen-bond donors (Lipinski definition) is 1. The third-order valence-electron chi connectivity index (χ3n) is 3.06. The molecule has 0 spiro atoms. The van der Waals surface area contributed by atoms with Crippen LogP contribution in [0.25, 0.3) is 0 Å². The van der Waals surface area contributed by atoms with Crippen LogP contribution in [0.15, 0.2) is 0 Å². The number of aliphatic hydroxyl groups is 1. The Morgan fingerprint density at radius 1 is 1.50 bits per heavy atom. The lowest BCUT2D eigenvalue weighted by Gasteiger charge is -2.40. The molecule has 16 heavy (non-hydrogen) atoms. The van der Waals surface area contributed by atoms with Gasteiger partial charge in [0.25, 0.3) is 0 Å². The fraction of sp³-hybridized carbons (Fsp3) is 0.917. The van der Waals surface area contributed by atoms with Crippen molar-refractivity contribution in [1.82, 2.24) is 4.90 Å². The van der Waals surface area contributed by atoms with Gasteiger partial charge in [-0.15, -0.1) is 0 Å². The summed E-state index contributed by atoms with van der Waals surface area (Å²) in [6.07, 6.45) is 3.04. The maximum atomic E-state index is 11.5. The maximum Gasteiger partial charge on any atom is 0.248 e. The molecule has 1 atom stereocenters. The molecule has 0 aromatic rings. The van der Waals surface area contributed by atoms with E-state index in [0.29, 0.717) is 19.7 Å². The van der Waals surface area contributed by atoms with E-state index in [4.69, 9.17) is 4.74 Å². The molecule has 0 aromatic heterocycles. The highest BCUT2D eigenvalue weighted by Gasteiger charge is 2.33. The van der Waals surface area contributed by atoms with Gasteiger partial charge in [-0.25, -0.2) is 0 Å². The van der Waals surface area contributed by atoms with Crippen LogP contribution >= 0.6 is 0 Å². The third kappa shape index (κ3) is 4.10. The van der Waals surface area contributed by atoms with Crippen molar-refractivity contribution in [3.63, 3.8) is 0 Å². The predicted octanol–water partition coefficient (Wildman–Crippen LogP) is 1.03. The summed E-state index contributed by atoms with van der Waals surface area (Å²) in [5.41, 5.74) is 0. The quantitative estimate of drug-likeness (QED) is 0.663. The second-order valence-electron chi connectivity index (χ2n) is 4.56. The number of amides is 1. The predicted molar refractivity (Wildman–Crippen MR) is 62.1 cm³/mol. The van der Waals surface area contributed by atoms with E-state index in [1.807, 2.05) is 0 Å². The summed E-state index contributed by atoms with van der Waals surface area (Å²) in [5.74, 6) is 0.303. The Morgan fingerprint density at radius 2 is 2.19 bits per heavy atom. The molecule has 1 heterocycles. The molecule has 0 aromatic carbocycles. The highest BCUT2D eigenvalue weighted by Crippen LogP contribution is 2.18. The number of ether oxygens (including phenoxy) is 1. The standard InChI is InChI=1S/C12H23NO3/c1-3-4-5-6-16-9-12(15)13-7-11(8-13)10(2)14/h10-11,14H,3-9H2,1-2H3. The van der Waals surface area contributed by atoms with Gasteiger partial charge in [0, 0.05) is 25.6 Å². The molecule has 1 aliphatic heterocycles. The zero-order valence-electron chi connectivity index (χ0n) is 10.3. The van der Waals surface area contributed by atoms with Crippen LogP contribution in [0.3, 0.4) is 0 Å². The Morgan fingerprint density at radius 3 is 2.75 bits per heavy atom. The monoisotopic (exact) mass is 229 g/mol. The lowest BCUT2D eigenvalue weighted by Crippen LogP contribution is -2.54. The van der Waals surface area contributed by atoms with Crippen LogP contribution in [-0.2, 0) is 9.53 Å². The van der Waals surface area contributed by atoms with Crippen molar-refractivity contribution in [3.05, 3.63) is 0 Å². The van der Waals surface area contributed by atoms with Crippen LogP contribution < -0.4 is 0 Å². The first-order valence-corrected chi connectivity index (χ1v) is 6.18. The van der Waals surface area contributed by atoms with Gasteiger partial charge in [-0.2, -0.15) is 0 Å². The lowest BCUT2D eigenvalue weighted by atomic mass is 9.95. The van der Waals surface area contributed by atoms with Gasteiger partial charge in [0.1, 0.15) is 6.61 Å². The minimum absolute atomic E-state index is 0.0494. The smallest absolute Gasteiger partial charge is 0.248 e. The van der Waals surface area contributed by atoms with Gasteiger partial charge < -0.3 is 14.7 Å². The summed E-state index contributed by atoms with van der Waals surface area (Å²) < 4.78 is 5.30. The van der Waals surface area contributed by atoms with E-state index in [-0.39, 0.29) is 24.5 Å². The van der Waals surface area contributed by atoms with Crippen molar-refractivity contribution >= 4 is 5.91 Å². The molecule has 1 amide bonds. The van der Waals surface area contributed by atoms with Gasteiger partial charge in [-0.3, -0.25) is 4.79 Å². The first kappa shape index (κ1) is 13.5. The van der Waals surface area contributed by atoms with E-state index in [9.17, 15) is 9.90 Å². The fourth-order valence-electron chi connectivity index (χ4n) is 1.73. The molecule has 0 aliphatic carbocycles. The van der Waals surface area contributed by atoms with E-state index in [1.165, 1.54) is 6.42 Å². The summed E-state index contributed by atoms with van der Waals surface area (Å²) in [4.78, 5) is 13.3. The Hall–Kier alpha value is -0.610. The summed E-state index contributed by atoms with van der Waals surface area (Å²) in [5, 5.41) is 9.28. The van der Waals surface area contributed by atoms with Crippen molar-refractivity contribution in [2.75, 3.05) is 26.3 Å². The van der Waals surface area contributed by atoms with Gasteiger partial charge in [0.05, 0.1) is 6.10 Å². The maximum absolute atomic E-state index is 11.5. The zero-order chi connectivity index (χ0) is 12.0. The Balaban J connectivity index is 2.00. The number of rotatable bonds is 7. The molecule has 1 rings (SSSR count). The number of aliphatic hydroxyl groups excluding tert-OH is 1. The molecule has 0 bridgehead atoms. The van der Waals surface area contributed by atoms with Gasteiger partial charge in [0.15, 0.2) is 0 Å². The van der Waals surface area contributed by atoms with Crippen LogP contribution in [-0.4, -0.2) is 48.3 Å². The zero-order valence-corrected chi connectivity index (χ0v) is 10.3. The molecule has 1 unspecified atom stereocenters. The molecule has 0 saturated carbocycles. The number of carbonyl (C=O) groups excluding carboxylic acids is 1. The Kier molecular flexibility index (Phi) is 5.77. The SMILES string of the molecule is CCCCCOCC(=O)N1CC(C(C)O)C1. The first-order chi connectivity index (χ1) is 7.65. The minimum Gasteiger partial charge on any atom is -0.393 e. The normalized spacial score (nSPS) is 18.3. The van der Waals surface area contributed by atoms with Crippen molar-refractivity contribution in [2.45, 2.75) is 39.2 Å². The Bertz CT molecular complexity index is 212. The second kappa shape index (κ2) is 6.86. The average molecular weight is 229 g/mol. The molecular formula is C12H23NO3. The molecular weight excluding hydrogens is 206 g/mol. The summed E-state index contributed by atoms with van der Waals surface area (Å²) in [6.45, 7) is 6.13. The van der Waals surface area contributed by atoms with Crippen molar-refractivity contribution in [2.24, 2.45) is 5.92 Å². The summed E-state index contributed by atoms with van der Waals surface area (Å²) >= 11 is 0. The fourth-order valence-corrected chi connectivity index (χ4v) is 1.73. The topological polar surface area (TPSA) is 49.8 Å². The largest absolute Gasteiger partial charge is 0.393 e. The first-order valence-electron chi connectivity index (χ1n) is 6.18. The van der Waals surface area contributed by atoms with E-state index in [1.54, 1.807) is 11.8 Å². The summed E-state index contributed by atoms with van der Waals surface area (Å²) in [7, 11) is 0. The lowest BCUT2D eigenvalue weighted by molar-refractivity contribution is -0.145. The van der Waals surface area contributed by atoms with Crippen molar-refractivity contribution in [3.8, 4) is 0 Å².